The van der Waals surface area contributed by atoms with Gasteiger partial charge in [0.15, 0.2) is 11.5 Å². The largest absolute Gasteiger partial charge is 0.497 e. The van der Waals surface area contributed by atoms with Crippen LogP contribution in [0.1, 0.15) is 5.56 Å². The number of hydrogen-bond acceptors (Lipinski definition) is 5. The molecule has 1 N–H and O–H groups in total. The minimum absolute atomic E-state index is 0.155. The molecule has 0 heterocycles. The lowest BCUT2D eigenvalue weighted by atomic mass is 10.1. The molecule has 2 aromatic carbocycles. The number of carbonyl (C=O) groups excluding carboxylic acids is 1. The van der Waals surface area contributed by atoms with E-state index >= 15 is 0 Å². The Kier molecular flexibility index (Phi) is 5.89. The van der Waals surface area contributed by atoms with E-state index in [9.17, 15) is 4.79 Å². The van der Waals surface area contributed by atoms with E-state index in [0.29, 0.717) is 28.7 Å². The van der Waals surface area contributed by atoms with Crippen molar-refractivity contribution in [2.24, 2.45) is 0 Å². The molecule has 0 radical (unpaired) electrons. The van der Waals surface area contributed by atoms with Gasteiger partial charge in [0.05, 0.1) is 34.9 Å². The third-order valence-electron chi connectivity index (χ3n) is 3.45. The summed E-state index contributed by atoms with van der Waals surface area (Å²) in [5.74, 6) is 2.00. The summed E-state index contributed by atoms with van der Waals surface area (Å²) in [6.45, 7) is 0. The van der Waals surface area contributed by atoms with E-state index in [1.807, 2.05) is 24.3 Å². The molecule has 0 unspecified atom stereocenters. The average molecular weight is 331 g/mol. The summed E-state index contributed by atoms with van der Waals surface area (Å²) in [5, 5.41) is 2.83. The zero-order valence-electron chi connectivity index (χ0n) is 14.2. The first-order valence-electron chi connectivity index (χ1n) is 7.34. The van der Waals surface area contributed by atoms with E-state index in [1.54, 1.807) is 19.2 Å². The molecule has 2 rings (SSSR count). The molecule has 1 amide bonds. The van der Waals surface area contributed by atoms with Gasteiger partial charge in [-0.2, -0.15) is 0 Å². The van der Waals surface area contributed by atoms with Crippen LogP contribution >= 0.6 is 0 Å². The van der Waals surface area contributed by atoms with Crippen LogP contribution in [0.4, 0.5) is 5.69 Å². The zero-order valence-corrected chi connectivity index (χ0v) is 14.2. The molecule has 6 heteroatoms. The maximum Gasteiger partial charge on any atom is 0.228 e. The normalized spacial score (nSPS) is 10.0. The smallest absolute Gasteiger partial charge is 0.228 e. The number of nitrogens with one attached hydrogen (secondary N) is 1. The van der Waals surface area contributed by atoms with Crippen molar-refractivity contribution in [3.63, 3.8) is 0 Å². The lowest BCUT2D eigenvalue weighted by Gasteiger charge is -2.14. The summed E-state index contributed by atoms with van der Waals surface area (Å²) in [6.07, 6.45) is 0.230. The van der Waals surface area contributed by atoms with Crippen LogP contribution in [0.25, 0.3) is 0 Å². The maximum atomic E-state index is 12.3. The second kappa shape index (κ2) is 8.10. The van der Waals surface area contributed by atoms with E-state index in [2.05, 4.69) is 5.32 Å². The highest BCUT2D eigenvalue weighted by molar-refractivity contribution is 5.93. The van der Waals surface area contributed by atoms with Gasteiger partial charge in [0.1, 0.15) is 5.75 Å². The van der Waals surface area contributed by atoms with Crippen LogP contribution in [-0.4, -0.2) is 34.3 Å². The van der Waals surface area contributed by atoms with Gasteiger partial charge < -0.3 is 24.3 Å². The summed E-state index contributed by atoms with van der Waals surface area (Å²) >= 11 is 0. The lowest BCUT2D eigenvalue weighted by molar-refractivity contribution is -0.115. The Labute approximate surface area is 141 Å². The van der Waals surface area contributed by atoms with Crippen molar-refractivity contribution in [3.05, 3.63) is 42.0 Å². The monoisotopic (exact) mass is 331 g/mol. The highest BCUT2D eigenvalue weighted by Crippen LogP contribution is 2.39. The van der Waals surface area contributed by atoms with Crippen molar-refractivity contribution in [2.75, 3.05) is 33.8 Å². The van der Waals surface area contributed by atoms with Crippen molar-refractivity contribution in [1.82, 2.24) is 0 Å². The number of benzene rings is 2. The van der Waals surface area contributed by atoms with Crippen LogP contribution in [0.3, 0.4) is 0 Å². The molecule has 6 nitrogen and oxygen atoms in total. The number of hydrogen-bond donors (Lipinski definition) is 1. The number of ether oxygens (including phenoxy) is 4. The molecule has 0 bridgehead atoms. The molecule has 24 heavy (non-hydrogen) atoms. The molecule has 0 aliphatic heterocycles. The van der Waals surface area contributed by atoms with Gasteiger partial charge in [-0.25, -0.2) is 0 Å². The third kappa shape index (κ3) is 4.10. The molecule has 2 aromatic rings. The molecule has 0 saturated carbocycles. The Morgan fingerprint density at radius 1 is 0.917 bits per heavy atom. The minimum Gasteiger partial charge on any atom is -0.497 e. The second-order valence-electron chi connectivity index (χ2n) is 4.99. The summed E-state index contributed by atoms with van der Waals surface area (Å²) in [7, 11) is 6.18. The molecule has 128 valence electrons. The van der Waals surface area contributed by atoms with Crippen LogP contribution in [0, 0.1) is 0 Å². The number of carbonyl (C=O) groups is 1. The molecule has 0 spiro atoms. The fourth-order valence-electron chi connectivity index (χ4n) is 2.33. The number of amides is 1. The highest BCUT2D eigenvalue weighted by Gasteiger charge is 2.14. The van der Waals surface area contributed by atoms with E-state index in [0.717, 1.165) is 5.56 Å². The number of anilines is 1. The Hall–Kier alpha value is -2.89. The average Bonchev–Trinajstić information content (AvgIpc) is 2.60. The summed E-state index contributed by atoms with van der Waals surface area (Å²) in [6, 6.07) is 10.8. The van der Waals surface area contributed by atoms with Crippen LogP contribution in [0.15, 0.2) is 36.4 Å². The van der Waals surface area contributed by atoms with Crippen LogP contribution in [-0.2, 0) is 11.2 Å². The molecule has 0 aromatic heterocycles. The summed E-state index contributed by atoms with van der Waals surface area (Å²) < 4.78 is 21.0. The van der Waals surface area contributed by atoms with E-state index in [4.69, 9.17) is 18.9 Å². The van der Waals surface area contributed by atoms with Gasteiger partial charge in [-0.05, 0) is 17.7 Å². The van der Waals surface area contributed by atoms with Crippen molar-refractivity contribution < 1.29 is 23.7 Å². The molecule has 0 fully saturated rings. The fourth-order valence-corrected chi connectivity index (χ4v) is 2.33. The standard InChI is InChI=1S/C18H21NO5/c1-21-14-7-5-6-12(8-14)9-17(20)19-13-10-15(22-2)18(24-4)16(11-13)23-3/h5-8,10-11H,9H2,1-4H3,(H,19,20). The molecule has 0 saturated heterocycles. The predicted octanol–water partition coefficient (Wildman–Crippen LogP) is 2.90. The van der Waals surface area contributed by atoms with Crippen molar-refractivity contribution in [2.45, 2.75) is 6.42 Å². The Balaban J connectivity index is 2.16. The first-order valence-corrected chi connectivity index (χ1v) is 7.34. The van der Waals surface area contributed by atoms with E-state index in [1.165, 1.54) is 21.3 Å². The van der Waals surface area contributed by atoms with E-state index < -0.39 is 0 Å². The zero-order chi connectivity index (χ0) is 17.5. The van der Waals surface area contributed by atoms with Crippen molar-refractivity contribution in [1.29, 1.82) is 0 Å². The van der Waals surface area contributed by atoms with E-state index in [-0.39, 0.29) is 12.3 Å². The van der Waals surface area contributed by atoms with Crippen LogP contribution in [0.5, 0.6) is 23.0 Å². The molecular formula is C18H21NO5. The first kappa shape index (κ1) is 17.5. The predicted molar refractivity (Wildman–Crippen MR) is 91.4 cm³/mol. The van der Waals surface area contributed by atoms with Crippen molar-refractivity contribution in [3.8, 4) is 23.0 Å². The van der Waals surface area contributed by atoms with Gasteiger partial charge >= 0.3 is 0 Å². The first-order chi connectivity index (χ1) is 11.6. The Morgan fingerprint density at radius 2 is 1.58 bits per heavy atom. The number of rotatable bonds is 7. The summed E-state index contributed by atoms with van der Waals surface area (Å²) in [4.78, 5) is 12.3. The number of methoxy groups -OCH3 is 4. The Morgan fingerprint density at radius 3 is 2.12 bits per heavy atom. The molecule has 0 aliphatic rings. The SMILES string of the molecule is COc1cccc(CC(=O)Nc2cc(OC)c(OC)c(OC)c2)c1. The third-order valence-corrected chi connectivity index (χ3v) is 3.45. The topological polar surface area (TPSA) is 66.0 Å². The van der Waals surface area contributed by atoms with Gasteiger partial charge in [0, 0.05) is 17.8 Å². The van der Waals surface area contributed by atoms with Gasteiger partial charge in [-0.1, -0.05) is 12.1 Å². The second-order valence-corrected chi connectivity index (χ2v) is 4.99. The molecule has 0 atom stereocenters. The fraction of sp³-hybridized carbons (Fsp3) is 0.278. The highest BCUT2D eigenvalue weighted by atomic mass is 16.5. The van der Waals surface area contributed by atoms with Gasteiger partial charge in [0.25, 0.3) is 0 Å². The minimum atomic E-state index is -0.155. The van der Waals surface area contributed by atoms with Crippen LogP contribution < -0.4 is 24.3 Å². The molecule has 0 aliphatic carbocycles. The lowest BCUT2D eigenvalue weighted by Crippen LogP contribution is -2.14. The quantitative estimate of drug-likeness (QED) is 0.845. The van der Waals surface area contributed by atoms with Gasteiger partial charge in [-0.15, -0.1) is 0 Å². The van der Waals surface area contributed by atoms with Crippen LogP contribution in [0.2, 0.25) is 0 Å². The van der Waals surface area contributed by atoms with Gasteiger partial charge in [-0.3, -0.25) is 4.79 Å². The maximum absolute atomic E-state index is 12.3. The summed E-state index contributed by atoms with van der Waals surface area (Å²) in [5.41, 5.74) is 1.43. The van der Waals surface area contributed by atoms with Gasteiger partial charge in [0.2, 0.25) is 11.7 Å². The Bertz CT molecular complexity index is 689. The molecular weight excluding hydrogens is 310 g/mol. The van der Waals surface area contributed by atoms with Crippen molar-refractivity contribution >= 4 is 11.6 Å².